The van der Waals surface area contributed by atoms with E-state index in [0.29, 0.717) is 0 Å². The van der Waals surface area contributed by atoms with E-state index >= 15 is 0 Å². The molecule has 1 aliphatic rings. The number of rotatable bonds is 4. The second-order valence-electron chi connectivity index (χ2n) is 12.6. The Balaban J connectivity index is 1.28. The van der Waals surface area contributed by atoms with Crippen molar-refractivity contribution < 1.29 is 0 Å². The molecule has 0 spiro atoms. The Bertz CT molecular complexity index is 2400. The van der Waals surface area contributed by atoms with Crippen LogP contribution >= 0.6 is 11.3 Å². The summed E-state index contributed by atoms with van der Waals surface area (Å²) in [7, 11) is 0. The highest BCUT2D eigenvalue weighted by molar-refractivity contribution is 7.27. The maximum Gasteiger partial charge on any atom is 0.0640 e. The van der Waals surface area contributed by atoms with Crippen LogP contribution in [-0.4, -0.2) is 0 Å². The van der Waals surface area contributed by atoms with Crippen molar-refractivity contribution in [3.63, 3.8) is 0 Å². The second-order valence-corrected chi connectivity index (χ2v) is 13.6. The molecule has 8 aromatic rings. The first-order chi connectivity index (χ1) is 22.1. The van der Waals surface area contributed by atoms with Gasteiger partial charge in [0.25, 0.3) is 0 Å². The fourth-order valence-electron chi connectivity index (χ4n) is 7.38. The minimum absolute atomic E-state index is 0.0761. The van der Waals surface area contributed by atoms with Gasteiger partial charge < -0.3 is 4.90 Å². The molecule has 1 aliphatic carbocycles. The van der Waals surface area contributed by atoms with Crippen LogP contribution in [0.25, 0.3) is 53.2 Å². The fraction of sp³-hybridized carbons (Fsp3) is 0.0698. The zero-order valence-electron chi connectivity index (χ0n) is 25.3. The molecule has 0 radical (unpaired) electrons. The standard InChI is InChI=1S/C43H31NS/c1-43(2)38-17-9-8-15-34(38)35-26-24-32(27-39(35)43)44(31-22-19-29(20-23-31)28-11-4-3-5-12-28)40-18-10-16-36-37-25-21-30-13-6-7-14-33(30)41(37)45-42(36)40/h3-27H,1-2H3. The molecule has 1 heterocycles. The first-order valence-corrected chi connectivity index (χ1v) is 16.4. The van der Waals surface area contributed by atoms with Crippen LogP contribution in [0.4, 0.5) is 17.1 Å². The first kappa shape index (κ1) is 26.2. The van der Waals surface area contributed by atoms with E-state index in [9.17, 15) is 0 Å². The maximum atomic E-state index is 2.47. The topological polar surface area (TPSA) is 3.24 Å². The molecule has 0 fully saturated rings. The minimum atomic E-state index is -0.0761. The number of hydrogen-bond donors (Lipinski definition) is 0. The Labute approximate surface area is 267 Å². The Morgan fingerprint density at radius 3 is 2.00 bits per heavy atom. The van der Waals surface area contributed by atoms with Crippen molar-refractivity contribution in [2.75, 3.05) is 4.90 Å². The third-order valence-corrected chi connectivity index (χ3v) is 10.9. The zero-order chi connectivity index (χ0) is 30.1. The maximum absolute atomic E-state index is 2.47. The monoisotopic (exact) mass is 593 g/mol. The van der Waals surface area contributed by atoms with Crippen LogP contribution in [0.2, 0.25) is 0 Å². The molecule has 1 nitrogen and oxygen atoms in total. The van der Waals surface area contributed by atoms with Crippen LogP contribution < -0.4 is 4.90 Å². The summed E-state index contributed by atoms with van der Waals surface area (Å²) >= 11 is 1.91. The number of nitrogens with zero attached hydrogens (tertiary/aromatic N) is 1. The average Bonchev–Trinajstić information content (AvgIpc) is 3.59. The fourth-order valence-corrected chi connectivity index (χ4v) is 8.72. The van der Waals surface area contributed by atoms with Crippen molar-refractivity contribution in [1.29, 1.82) is 0 Å². The van der Waals surface area contributed by atoms with Crippen LogP contribution in [0, 0.1) is 0 Å². The van der Waals surface area contributed by atoms with Gasteiger partial charge in [0.2, 0.25) is 0 Å². The lowest BCUT2D eigenvalue weighted by Crippen LogP contribution is -2.16. The first-order valence-electron chi connectivity index (χ1n) is 15.6. The predicted octanol–water partition coefficient (Wildman–Crippen LogP) is 12.7. The number of fused-ring (bicyclic) bond motifs is 8. The van der Waals surface area contributed by atoms with E-state index in [4.69, 9.17) is 0 Å². The summed E-state index contributed by atoms with van der Waals surface area (Å²) < 4.78 is 2.65. The van der Waals surface area contributed by atoms with Crippen molar-refractivity contribution in [1.82, 2.24) is 0 Å². The van der Waals surface area contributed by atoms with Crippen molar-refractivity contribution in [3.05, 3.63) is 163 Å². The van der Waals surface area contributed by atoms with Crippen molar-refractivity contribution in [2.45, 2.75) is 19.3 Å². The van der Waals surface area contributed by atoms with Crippen molar-refractivity contribution in [2.24, 2.45) is 0 Å². The average molecular weight is 594 g/mol. The van der Waals surface area contributed by atoms with Gasteiger partial charge in [-0.05, 0) is 74.5 Å². The van der Waals surface area contributed by atoms with Gasteiger partial charge in [-0.3, -0.25) is 0 Å². The van der Waals surface area contributed by atoms with Crippen LogP contribution in [0.15, 0.2) is 152 Å². The van der Waals surface area contributed by atoms with Crippen molar-refractivity contribution >= 4 is 59.3 Å². The molecule has 0 amide bonds. The van der Waals surface area contributed by atoms with Gasteiger partial charge in [-0.2, -0.15) is 0 Å². The molecule has 0 unspecified atom stereocenters. The molecule has 0 bridgehead atoms. The number of thiophene rings is 1. The highest BCUT2D eigenvalue weighted by Crippen LogP contribution is 2.52. The molecule has 2 heteroatoms. The largest absolute Gasteiger partial charge is 0.309 e. The summed E-state index contributed by atoms with van der Waals surface area (Å²) in [4.78, 5) is 2.47. The van der Waals surface area contributed by atoms with E-state index in [1.54, 1.807) is 0 Å². The third kappa shape index (κ3) is 3.99. The molecule has 45 heavy (non-hydrogen) atoms. The van der Waals surface area contributed by atoms with Crippen LogP contribution in [0.5, 0.6) is 0 Å². The molecular weight excluding hydrogens is 563 g/mol. The predicted molar refractivity (Wildman–Crippen MR) is 195 cm³/mol. The number of anilines is 3. The lowest BCUT2D eigenvalue weighted by molar-refractivity contribution is 0.660. The van der Waals surface area contributed by atoms with E-state index in [0.717, 1.165) is 5.69 Å². The molecule has 214 valence electrons. The highest BCUT2D eigenvalue weighted by Gasteiger charge is 2.35. The molecule has 0 aliphatic heterocycles. The molecule has 0 N–H and O–H groups in total. The molecule has 0 saturated heterocycles. The highest BCUT2D eigenvalue weighted by atomic mass is 32.1. The van der Waals surface area contributed by atoms with Crippen LogP contribution in [0.3, 0.4) is 0 Å². The van der Waals surface area contributed by atoms with Gasteiger partial charge >= 0.3 is 0 Å². The van der Waals surface area contributed by atoms with E-state index in [-0.39, 0.29) is 5.41 Å². The number of benzene rings is 7. The Morgan fingerprint density at radius 1 is 0.467 bits per heavy atom. The Hall–Kier alpha value is -5.18. The zero-order valence-corrected chi connectivity index (χ0v) is 26.1. The normalized spacial score (nSPS) is 13.3. The summed E-state index contributed by atoms with van der Waals surface area (Å²) in [6.45, 7) is 4.72. The van der Waals surface area contributed by atoms with Gasteiger partial charge in [-0.15, -0.1) is 11.3 Å². The van der Waals surface area contributed by atoms with E-state index in [1.165, 1.54) is 75.7 Å². The third-order valence-electron chi connectivity index (χ3n) is 9.67. The van der Waals surface area contributed by atoms with E-state index in [2.05, 4.69) is 170 Å². The molecule has 0 atom stereocenters. The van der Waals surface area contributed by atoms with Crippen molar-refractivity contribution in [3.8, 4) is 22.3 Å². The van der Waals surface area contributed by atoms with Gasteiger partial charge in [0, 0.05) is 32.3 Å². The smallest absolute Gasteiger partial charge is 0.0640 e. The Morgan fingerprint density at radius 2 is 1.13 bits per heavy atom. The molecule has 0 saturated carbocycles. The second kappa shape index (κ2) is 9.92. The lowest BCUT2D eigenvalue weighted by atomic mass is 9.82. The van der Waals surface area contributed by atoms with Gasteiger partial charge in [0.05, 0.1) is 10.4 Å². The van der Waals surface area contributed by atoms with Gasteiger partial charge in [0.15, 0.2) is 0 Å². The summed E-state index contributed by atoms with van der Waals surface area (Å²) in [6.07, 6.45) is 0. The van der Waals surface area contributed by atoms with E-state index in [1.807, 2.05) is 11.3 Å². The summed E-state index contributed by atoms with van der Waals surface area (Å²) in [5.41, 5.74) is 11.4. The van der Waals surface area contributed by atoms with Gasteiger partial charge in [-0.25, -0.2) is 0 Å². The SMILES string of the molecule is CC1(C)c2ccccc2-c2ccc(N(c3ccc(-c4ccccc4)cc3)c3cccc4c3sc3c5ccccc5ccc43)cc21. The summed E-state index contributed by atoms with van der Waals surface area (Å²) in [6, 6.07) is 55.7. The van der Waals surface area contributed by atoms with Gasteiger partial charge in [0.1, 0.15) is 0 Å². The lowest BCUT2D eigenvalue weighted by Gasteiger charge is -2.28. The summed E-state index contributed by atoms with van der Waals surface area (Å²) in [5, 5.41) is 5.23. The molecular formula is C43H31NS. The molecule has 7 aromatic carbocycles. The quantitative estimate of drug-likeness (QED) is 0.196. The molecule has 9 rings (SSSR count). The molecule has 1 aromatic heterocycles. The van der Waals surface area contributed by atoms with E-state index < -0.39 is 0 Å². The van der Waals surface area contributed by atoms with Gasteiger partial charge in [-0.1, -0.05) is 135 Å². The Kier molecular flexibility index (Phi) is 5.78. The minimum Gasteiger partial charge on any atom is -0.309 e. The van der Waals surface area contributed by atoms with Crippen LogP contribution in [-0.2, 0) is 5.41 Å². The summed E-state index contributed by atoms with van der Waals surface area (Å²) in [5.74, 6) is 0. The van der Waals surface area contributed by atoms with Crippen LogP contribution in [0.1, 0.15) is 25.0 Å². The number of hydrogen-bond acceptors (Lipinski definition) is 2.